The number of aliphatic hydroxyl groups excluding tert-OH is 6. The summed E-state index contributed by atoms with van der Waals surface area (Å²) in [5.74, 6) is -7.91. The van der Waals surface area contributed by atoms with Gasteiger partial charge in [0.2, 0.25) is 47.3 Å². The number of amides is 8. The second-order valence-corrected chi connectivity index (χ2v) is 20.8. The van der Waals surface area contributed by atoms with Crippen LogP contribution in [0.1, 0.15) is 136 Å². The van der Waals surface area contributed by atoms with Crippen molar-refractivity contribution in [2.75, 3.05) is 19.6 Å². The number of rotatable bonds is 20. The van der Waals surface area contributed by atoms with Crippen molar-refractivity contribution in [1.82, 2.24) is 36.4 Å². The molecule has 1 aromatic carbocycles. The predicted octanol–water partition coefficient (Wildman–Crippen LogP) is -1.38. The van der Waals surface area contributed by atoms with Gasteiger partial charge < -0.3 is 77.9 Å². The van der Waals surface area contributed by atoms with E-state index in [1.54, 1.807) is 0 Å². The van der Waals surface area contributed by atoms with Crippen LogP contribution in [0.2, 0.25) is 0 Å². The summed E-state index contributed by atoms with van der Waals surface area (Å²) in [4.78, 5) is 113. The van der Waals surface area contributed by atoms with Crippen molar-refractivity contribution in [3.8, 4) is 5.75 Å². The molecule has 3 aliphatic heterocycles. The van der Waals surface area contributed by atoms with E-state index in [0.717, 1.165) is 54.0 Å². The Hall–Kier alpha value is -5.46. The van der Waals surface area contributed by atoms with Gasteiger partial charge >= 0.3 is 0 Å². The number of benzene rings is 1. The first-order valence-electron chi connectivity index (χ1n) is 26.2. The number of phenols is 1. The zero-order chi connectivity index (χ0) is 55.0. The normalized spacial score (nSPS) is 28.2. The maximum absolute atomic E-state index is 14.5. The third kappa shape index (κ3) is 17.3. The highest BCUT2D eigenvalue weighted by molar-refractivity contribution is 5.98. The van der Waals surface area contributed by atoms with Crippen LogP contribution in [0.4, 0.5) is 0 Å². The van der Waals surface area contributed by atoms with E-state index in [1.807, 2.05) is 0 Å². The first-order valence-corrected chi connectivity index (χ1v) is 26.2. The van der Waals surface area contributed by atoms with E-state index >= 15 is 0 Å². The van der Waals surface area contributed by atoms with Gasteiger partial charge in [-0.2, -0.15) is 0 Å². The van der Waals surface area contributed by atoms with Crippen molar-refractivity contribution >= 4 is 47.3 Å². The van der Waals surface area contributed by atoms with Gasteiger partial charge in [-0.1, -0.05) is 84.8 Å². The SMILES string of the molecule is CC[C@H](C)C[C@H](C)CCCCCCCCC(=O)N[C@@H]1CCCNC(=O)[C@@H]2[C@@H](O)[C@@H](C)CN2C(=O)[C@H]([C@H](O)CC(N)=O)NC(=O)[C@H]([C@H](O)[C@@H](O)c2ccc(O)cc2)NC(=O)[C@@H]2C[C@@H](O)CN2C(=O)[C@H]([C@@H](C)O)NC1=O. The minimum Gasteiger partial charge on any atom is -0.508 e. The molecule has 0 aromatic heterocycles. The molecule has 4 rings (SSSR count). The molecule has 0 spiro atoms. The molecule has 15 atom stereocenters. The number of nitrogens with zero attached hydrogens (tertiary/aromatic N) is 2. The zero-order valence-electron chi connectivity index (χ0n) is 43.4. The van der Waals surface area contributed by atoms with Gasteiger partial charge in [0.15, 0.2) is 0 Å². The third-order valence-electron chi connectivity index (χ3n) is 14.5. The maximum Gasteiger partial charge on any atom is 0.248 e. The van der Waals surface area contributed by atoms with Crippen LogP contribution >= 0.6 is 0 Å². The number of nitrogens with one attached hydrogen (secondary N) is 5. The van der Waals surface area contributed by atoms with E-state index in [4.69, 9.17) is 5.73 Å². The minimum absolute atomic E-state index is 0.00989. The summed E-state index contributed by atoms with van der Waals surface area (Å²) >= 11 is 0. The largest absolute Gasteiger partial charge is 0.508 e. The number of aromatic hydroxyl groups is 1. The topological polar surface area (TPSA) is 371 Å². The first-order chi connectivity index (χ1) is 34.9. The highest BCUT2D eigenvalue weighted by Gasteiger charge is 2.50. The maximum atomic E-state index is 14.5. The zero-order valence-corrected chi connectivity index (χ0v) is 43.4. The molecule has 3 saturated heterocycles. The molecule has 416 valence electrons. The lowest BCUT2D eigenvalue weighted by molar-refractivity contribution is -0.148. The molecule has 0 aliphatic carbocycles. The van der Waals surface area contributed by atoms with Crippen LogP contribution in [0.15, 0.2) is 24.3 Å². The van der Waals surface area contributed by atoms with Crippen molar-refractivity contribution in [3.63, 3.8) is 0 Å². The molecule has 3 fully saturated rings. The highest BCUT2D eigenvalue weighted by atomic mass is 16.3. The van der Waals surface area contributed by atoms with Gasteiger partial charge in [-0.3, -0.25) is 38.4 Å². The number of primary amides is 1. The predicted molar refractivity (Wildman–Crippen MR) is 268 cm³/mol. The van der Waals surface area contributed by atoms with Crippen LogP contribution in [0.5, 0.6) is 5.75 Å². The summed E-state index contributed by atoms with van der Waals surface area (Å²) in [6.45, 7) is 8.48. The third-order valence-corrected chi connectivity index (χ3v) is 14.5. The van der Waals surface area contributed by atoms with E-state index in [0.29, 0.717) is 18.3 Å². The van der Waals surface area contributed by atoms with Crippen LogP contribution in [0.25, 0.3) is 0 Å². The van der Waals surface area contributed by atoms with Gasteiger partial charge in [-0.25, -0.2) is 0 Å². The number of hydrogen-bond acceptors (Lipinski definition) is 15. The van der Waals surface area contributed by atoms with Gasteiger partial charge in [0.05, 0.1) is 30.8 Å². The summed E-state index contributed by atoms with van der Waals surface area (Å²) in [6, 6.07) is -6.12. The lowest BCUT2D eigenvalue weighted by atomic mass is 9.91. The second kappa shape index (κ2) is 29.0. The Kier molecular flexibility index (Phi) is 23.9. The van der Waals surface area contributed by atoms with Crippen LogP contribution in [0.3, 0.4) is 0 Å². The Morgan fingerprint density at radius 1 is 0.770 bits per heavy atom. The number of aliphatic hydroxyl groups is 6. The number of unbranched alkanes of at least 4 members (excludes halogenated alkanes) is 5. The van der Waals surface area contributed by atoms with Crippen LogP contribution in [-0.2, 0) is 38.4 Å². The molecule has 0 saturated carbocycles. The number of fused-ring (bicyclic) bond motifs is 2. The Labute approximate surface area is 432 Å². The Balaban J connectivity index is 1.66. The highest BCUT2D eigenvalue weighted by Crippen LogP contribution is 2.28. The van der Waals surface area contributed by atoms with Crippen LogP contribution in [-0.4, -0.2) is 179 Å². The fourth-order valence-corrected chi connectivity index (χ4v) is 9.97. The van der Waals surface area contributed by atoms with Gasteiger partial charge in [-0.05, 0) is 62.1 Å². The van der Waals surface area contributed by atoms with Gasteiger partial charge in [0.1, 0.15) is 54.2 Å². The van der Waals surface area contributed by atoms with Crippen LogP contribution in [0, 0.1) is 17.8 Å². The first kappa shape index (κ1) is 61.1. The average Bonchev–Trinajstić information content (AvgIpc) is 3.89. The molecule has 1 aromatic rings. The van der Waals surface area contributed by atoms with Crippen molar-refractivity contribution in [2.24, 2.45) is 23.5 Å². The quantitative estimate of drug-likeness (QED) is 0.0670. The molecule has 23 nitrogen and oxygen atoms in total. The number of carbonyl (C=O) groups excluding carboxylic acids is 8. The van der Waals surface area contributed by atoms with E-state index in [9.17, 15) is 74.1 Å². The Morgan fingerprint density at radius 3 is 2.01 bits per heavy atom. The molecule has 74 heavy (non-hydrogen) atoms. The number of hydrogen-bond donors (Lipinski definition) is 13. The monoisotopic (exact) mass is 1050 g/mol. The molecule has 0 radical (unpaired) electrons. The van der Waals surface area contributed by atoms with E-state index in [2.05, 4.69) is 47.4 Å². The minimum atomic E-state index is -2.31. The van der Waals surface area contributed by atoms with Crippen molar-refractivity contribution in [2.45, 2.75) is 197 Å². The Morgan fingerprint density at radius 2 is 1.38 bits per heavy atom. The molecule has 8 amide bonds. The summed E-state index contributed by atoms with van der Waals surface area (Å²) in [5, 5.41) is 89.5. The summed E-state index contributed by atoms with van der Waals surface area (Å²) < 4.78 is 0. The molecule has 3 aliphatic rings. The number of phenolic OH excluding ortho intramolecular Hbond substituents is 1. The fraction of sp³-hybridized carbons (Fsp3) is 0.725. The molecule has 3 heterocycles. The smallest absolute Gasteiger partial charge is 0.248 e. The molecular weight excluding hydrogens is 965 g/mol. The molecular formula is C51H82N8O15. The lowest BCUT2D eigenvalue weighted by Gasteiger charge is -2.34. The van der Waals surface area contributed by atoms with Gasteiger partial charge in [0, 0.05) is 38.4 Å². The molecule has 0 unspecified atom stereocenters. The lowest BCUT2D eigenvalue weighted by Crippen LogP contribution is -2.64. The van der Waals surface area contributed by atoms with Crippen molar-refractivity contribution in [1.29, 1.82) is 0 Å². The fourth-order valence-electron chi connectivity index (χ4n) is 9.97. The van der Waals surface area contributed by atoms with E-state index in [1.165, 1.54) is 45.2 Å². The van der Waals surface area contributed by atoms with E-state index < -0.39 is 145 Å². The standard InChI is InChI=1S/C51H82N8O15/c1-6-27(2)22-28(3)14-11-9-7-8-10-12-16-38(65)54-34-15-13-21-53-49(72)42-43(66)29(4)25-59(42)51(74)40(36(63)24-37(52)64)56-48(71)41(45(68)44(67)31-17-19-32(61)20-18-31)57-47(70)35-23-33(62)26-58(35)50(73)39(30(5)60)55-46(34)69/h17-20,27-30,33-36,39-45,60-63,66-68H,6-16,21-26H2,1-5H3,(H2,52,64)(H,53,72)(H,54,65)(H,55,69)(H,56,71)(H,57,70)/t27-,28+,29-,30+,33+,34+,35-,36+,39-,40-,41-,42-,43-,44-,45-/m0/s1. The second-order valence-electron chi connectivity index (χ2n) is 20.8. The van der Waals surface area contributed by atoms with Crippen molar-refractivity contribution in [3.05, 3.63) is 29.8 Å². The van der Waals surface area contributed by atoms with Crippen molar-refractivity contribution < 1.29 is 74.1 Å². The Bertz CT molecular complexity index is 2060. The number of carbonyl (C=O) groups is 8. The van der Waals surface area contributed by atoms with Crippen LogP contribution < -0.4 is 32.3 Å². The summed E-state index contributed by atoms with van der Waals surface area (Å²) in [5.41, 5.74) is 5.29. The molecule has 14 N–H and O–H groups in total. The van der Waals surface area contributed by atoms with E-state index in [-0.39, 0.29) is 43.7 Å². The number of nitrogens with two attached hydrogens (primary N) is 1. The molecule has 0 bridgehead atoms. The van der Waals surface area contributed by atoms with Gasteiger partial charge in [0.25, 0.3) is 0 Å². The molecule has 23 heteroatoms. The summed E-state index contributed by atoms with van der Waals surface area (Å²) in [7, 11) is 0. The van der Waals surface area contributed by atoms with Gasteiger partial charge in [-0.15, -0.1) is 0 Å². The summed E-state index contributed by atoms with van der Waals surface area (Å²) in [6.07, 6.45) is -3.36. The average molecular weight is 1050 g/mol.